The van der Waals surface area contributed by atoms with Crippen molar-refractivity contribution in [1.29, 1.82) is 0 Å². The second-order valence-electron chi connectivity index (χ2n) is 6.49. The highest BCUT2D eigenvalue weighted by Crippen LogP contribution is 2.41. The Morgan fingerprint density at radius 3 is 2.44 bits per heavy atom. The van der Waals surface area contributed by atoms with E-state index in [0.717, 1.165) is 18.2 Å². The second kappa shape index (κ2) is 6.31. The normalized spacial score (nSPS) is 15.6. The Bertz CT molecular complexity index is 915. The van der Waals surface area contributed by atoms with Gasteiger partial charge in [0, 0.05) is 17.5 Å². The summed E-state index contributed by atoms with van der Waals surface area (Å²) in [6.07, 6.45) is 1.47. The largest absolute Gasteiger partial charge is 0.353 e. The van der Waals surface area contributed by atoms with Gasteiger partial charge in [-0.3, -0.25) is 9.10 Å². The third kappa shape index (κ3) is 2.98. The standard InChI is InChI=1S/C18H23N3O3S/c1-3-18(19,4-2)12-20-16(22)11-21-14-9-5-7-13-8-6-10-15(17(13)14)25(21,23)24/h5-10H,3-4,11-12,19H2,1-2H3,(H,20,22). The highest BCUT2D eigenvalue weighted by atomic mass is 32.2. The van der Waals surface area contributed by atoms with Crippen LogP contribution in [0, 0.1) is 0 Å². The van der Waals surface area contributed by atoms with Crippen LogP contribution >= 0.6 is 0 Å². The monoisotopic (exact) mass is 361 g/mol. The Kier molecular flexibility index (Phi) is 4.47. The Morgan fingerprint density at radius 2 is 1.80 bits per heavy atom. The SMILES string of the molecule is CCC(N)(CC)CNC(=O)CN1c2cccc3cccc(c23)S1(=O)=O. The van der Waals surface area contributed by atoms with Crippen molar-refractivity contribution in [2.75, 3.05) is 17.4 Å². The first-order valence-corrected chi connectivity index (χ1v) is 9.86. The molecule has 0 radical (unpaired) electrons. The highest BCUT2D eigenvalue weighted by Gasteiger charge is 2.36. The fourth-order valence-corrected chi connectivity index (χ4v) is 4.76. The summed E-state index contributed by atoms with van der Waals surface area (Å²) in [5.74, 6) is -0.356. The van der Waals surface area contributed by atoms with E-state index in [1.165, 1.54) is 4.31 Å². The van der Waals surface area contributed by atoms with Gasteiger partial charge in [0.25, 0.3) is 10.0 Å². The van der Waals surface area contributed by atoms with Crippen LogP contribution in [0.25, 0.3) is 10.8 Å². The molecular formula is C18H23N3O3S. The van der Waals surface area contributed by atoms with E-state index in [9.17, 15) is 13.2 Å². The maximum Gasteiger partial charge on any atom is 0.265 e. The minimum atomic E-state index is -3.72. The van der Waals surface area contributed by atoms with E-state index < -0.39 is 15.6 Å². The number of carbonyl (C=O) groups excluding carboxylic acids is 1. The number of nitrogens with one attached hydrogen (secondary N) is 1. The summed E-state index contributed by atoms with van der Waals surface area (Å²) < 4.78 is 26.8. The van der Waals surface area contributed by atoms with Crippen LogP contribution in [-0.2, 0) is 14.8 Å². The van der Waals surface area contributed by atoms with Crippen LogP contribution in [0.1, 0.15) is 26.7 Å². The molecular weight excluding hydrogens is 338 g/mol. The van der Waals surface area contributed by atoms with Gasteiger partial charge in [-0.15, -0.1) is 0 Å². The van der Waals surface area contributed by atoms with E-state index >= 15 is 0 Å². The maximum absolute atomic E-state index is 12.8. The van der Waals surface area contributed by atoms with Crippen LogP contribution in [0.4, 0.5) is 5.69 Å². The van der Waals surface area contributed by atoms with Crippen LogP contribution < -0.4 is 15.4 Å². The van der Waals surface area contributed by atoms with Crippen LogP contribution in [0.2, 0.25) is 0 Å². The summed E-state index contributed by atoms with van der Waals surface area (Å²) in [6.45, 7) is 4.01. The maximum atomic E-state index is 12.8. The lowest BCUT2D eigenvalue weighted by Crippen LogP contribution is -2.51. The van der Waals surface area contributed by atoms with Crippen LogP contribution in [-0.4, -0.2) is 33.0 Å². The van der Waals surface area contributed by atoms with Crippen LogP contribution in [0.15, 0.2) is 41.3 Å². The number of hydrogen-bond donors (Lipinski definition) is 2. The van der Waals surface area contributed by atoms with E-state index in [1.54, 1.807) is 24.3 Å². The van der Waals surface area contributed by atoms with Gasteiger partial charge in [0.15, 0.2) is 0 Å². The van der Waals surface area contributed by atoms with E-state index in [2.05, 4.69) is 5.32 Å². The Labute approximate surface area is 148 Å². The lowest BCUT2D eigenvalue weighted by Gasteiger charge is -2.27. The van der Waals surface area contributed by atoms with Crippen molar-refractivity contribution in [3.8, 4) is 0 Å². The second-order valence-corrected chi connectivity index (χ2v) is 8.32. The fourth-order valence-electron chi connectivity index (χ4n) is 3.09. The van der Waals surface area contributed by atoms with E-state index in [1.807, 2.05) is 26.0 Å². The molecule has 3 N–H and O–H groups in total. The summed E-state index contributed by atoms with van der Waals surface area (Å²) in [5.41, 5.74) is 6.27. The molecule has 3 rings (SSSR count). The lowest BCUT2D eigenvalue weighted by molar-refractivity contribution is -0.119. The number of carbonyl (C=O) groups is 1. The molecule has 0 saturated heterocycles. The summed E-state index contributed by atoms with van der Waals surface area (Å²) >= 11 is 0. The number of hydrogen-bond acceptors (Lipinski definition) is 4. The van der Waals surface area contributed by atoms with E-state index in [4.69, 9.17) is 5.73 Å². The number of nitrogens with two attached hydrogens (primary N) is 1. The third-order valence-electron chi connectivity index (χ3n) is 5.01. The van der Waals surface area contributed by atoms with Gasteiger partial charge in [-0.1, -0.05) is 38.1 Å². The molecule has 0 spiro atoms. The average Bonchev–Trinajstić information content (AvgIpc) is 2.83. The Balaban J connectivity index is 1.85. The predicted octanol–water partition coefficient (Wildman–Crippen LogP) is 1.98. The molecule has 1 aliphatic heterocycles. The molecule has 0 fully saturated rings. The molecule has 0 aromatic heterocycles. The number of nitrogens with zero attached hydrogens (tertiary/aromatic N) is 1. The molecule has 1 amide bonds. The van der Waals surface area contributed by atoms with E-state index in [0.29, 0.717) is 17.6 Å². The zero-order valence-corrected chi connectivity index (χ0v) is 15.3. The minimum absolute atomic E-state index is 0.250. The van der Waals surface area contributed by atoms with Crippen molar-refractivity contribution in [2.24, 2.45) is 5.73 Å². The Morgan fingerprint density at radius 1 is 1.16 bits per heavy atom. The van der Waals surface area contributed by atoms with Gasteiger partial charge in [0.2, 0.25) is 5.91 Å². The minimum Gasteiger partial charge on any atom is -0.353 e. The van der Waals surface area contributed by atoms with Gasteiger partial charge in [-0.2, -0.15) is 0 Å². The molecule has 0 bridgehead atoms. The number of sulfonamides is 1. The number of anilines is 1. The van der Waals surface area contributed by atoms with Crippen molar-refractivity contribution in [3.05, 3.63) is 36.4 Å². The van der Waals surface area contributed by atoms with Crippen molar-refractivity contribution in [1.82, 2.24) is 5.32 Å². The van der Waals surface area contributed by atoms with Crippen LogP contribution in [0.5, 0.6) is 0 Å². The molecule has 0 aliphatic carbocycles. The third-order valence-corrected chi connectivity index (χ3v) is 6.82. The van der Waals surface area contributed by atoms with Crippen molar-refractivity contribution in [3.63, 3.8) is 0 Å². The van der Waals surface area contributed by atoms with Crippen LogP contribution in [0.3, 0.4) is 0 Å². The van der Waals surface area contributed by atoms with Crippen molar-refractivity contribution >= 4 is 32.4 Å². The molecule has 0 atom stereocenters. The highest BCUT2D eigenvalue weighted by molar-refractivity contribution is 7.93. The Hall–Kier alpha value is -2.12. The molecule has 1 aliphatic rings. The summed E-state index contributed by atoms with van der Waals surface area (Å²) in [4.78, 5) is 12.6. The van der Waals surface area contributed by atoms with Gasteiger partial charge < -0.3 is 11.1 Å². The first-order valence-electron chi connectivity index (χ1n) is 8.42. The van der Waals surface area contributed by atoms with Gasteiger partial charge in [0.05, 0.1) is 10.6 Å². The molecule has 0 unspecified atom stereocenters. The first-order chi connectivity index (χ1) is 11.8. The fraction of sp³-hybridized carbons (Fsp3) is 0.389. The molecule has 0 saturated carbocycles. The number of rotatable bonds is 6. The average molecular weight is 361 g/mol. The van der Waals surface area contributed by atoms with Crippen molar-refractivity contribution in [2.45, 2.75) is 37.1 Å². The van der Waals surface area contributed by atoms with Gasteiger partial charge in [-0.25, -0.2) is 8.42 Å². The van der Waals surface area contributed by atoms with Gasteiger partial charge >= 0.3 is 0 Å². The molecule has 6 nitrogen and oxygen atoms in total. The van der Waals surface area contributed by atoms with Gasteiger partial charge in [0.1, 0.15) is 6.54 Å². The quantitative estimate of drug-likeness (QED) is 0.823. The first kappa shape index (κ1) is 17.7. The molecule has 2 aromatic rings. The smallest absolute Gasteiger partial charge is 0.265 e. The molecule has 2 aromatic carbocycles. The number of benzene rings is 2. The van der Waals surface area contributed by atoms with Gasteiger partial charge in [-0.05, 0) is 30.4 Å². The van der Waals surface area contributed by atoms with Crippen molar-refractivity contribution < 1.29 is 13.2 Å². The summed E-state index contributed by atoms with van der Waals surface area (Å²) in [6, 6.07) is 10.6. The zero-order chi connectivity index (χ0) is 18.2. The van der Waals surface area contributed by atoms with E-state index in [-0.39, 0.29) is 17.3 Å². The predicted molar refractivity (Wildman–Crippen MR) is 99.0 cm³/mol. The molecule has 1 heterocycles. The summed E-state index contributed by atoms with van der Waals surface area (Å²) in [5, 5.41) is 4.30. The lowest BCUT2D eigenvalue weighted by atomic mass is 9.94. The molecule has 7 heteroatoms. The summed E-state index contributed by atoms with van der Waals surface area (Å²) in [7, 11) is -3.72. The number of amides is 1. The zero-order valence-electron chi connectivity index (χ0n) is 14.5. The molecule has 25 heavy (non-hydrogen) atoms. The topological polar surface area (TPSA) is 92.5 Å². The molecule has 134 valence electrons.